The molecule has 324 valence electrons. The molecule has 2 aliphatic rings. The van der Waals surface area contributed by atoms with E-state index in [1.165, 1.54) is 18.2 Å². The van der Waals surface area contributed by atoms with Gasteiger partial charge in [0.1, 0.15) is 16.3 Å². The third kappa shape index (κ3) is 11.0. The van der Waals surface area contributed by atoms with E-state index in [1.54, 1.807) is 18.2 Å². The first-order valence-corrected chi connectivity index (χ1v) is 25.3. The van der Waals surface area contributed by atoms with Gasteiger partial charge < -0.3 is 24.3 Å². The first kappa shape index (κ1) is 46.8. The molecule has 1 atom stereocenters. The molecule has 2 aliphatic heterocycles. The molecule has 0 saturated heterocycles. The number of hydrogen-bond donors (Lipinski definition) is 6. The van der Waals surface area contributed by atoms with Crippen LogP contribution in [0.3, 0.4) is 0 Å². The van der Waals surface area contributed by atoms with Crippen LogP contribution in [0.5, 0.6) is 0 Å². The van der Waals surface area contributed by atoms with Crippen LogP contribution >= 0.6 is 7.60 Å². The van der Waals surface area contributed by atoms with E-state index in [-0.39, 0.29) is 42.1 Å². The van der Waals surface area contributed by atoms with Crippen LogP contribution in [0.1, 0.15) is 69.2 Å². The summed E-state index contributed by atoms with van der Waals surface area (Å²) in [6.45, 7) is 7.87. The number of carboxylic acids is 1. The predicted octanol–water partition coefficient (Wildman–Crippen LogP) is 6.04. The van der Waals surface area contributed by atoms with Gasteiger partial charge in [-0.1, -0.05) is 44.2 Å². The van der Waals surface area contributed by atoms with Crippen LogP contribution in [-0.4, -0.2) is 96.7 Å². The molecular formula is C41H50N2O13PS3+. The standard InChI is InChI=1S/C41H49N2O13PS3/c1-40(2)33-26-31(58(5,49)50)15-17-35(33)43(23-7-25-59(51,52)53)38(40)20-14-30(29-11-8-28(9-12-29)10-21-39(44)45)13-19-37-41(3,4)34-27-32(60(54,55)56)16-18-36(34)42(37)22-6-24-57(46,47)48/h8-9,11-20,26-27H,5-7,10,21-25H2,1-4H3,(H5-,44,45,46,47,48,49,50,51,52,53,54,55,56)/p+1. The molecule has 60 heavy (non-hydrogen) atoms. The lowest BCUT2D eigenvalue weighted by Gasteiger charge is -2.27. The fourth-order valence-corrected chi connectivity index (χ4v) is 9.83. The van der Waals surface area contributed by atoms with Gasteiger partial charge in [-0.3, -0.25) is 18.5 Å². The number of aliphatic carboxylic acids is 1. The zero-order chi connectivity index (χ0) is 44.6. The van der Waals surface area contributed by atoms with Gasteiger partial charge in [-0.15, -0.1) is 0 Å². The molecule has 0 radical (unpaired) electrons. The van der Waals surface area contributed by atoms with Gasteiger partial charge in [0.25, 0.3) is 20.2 Å². The highest BCUT2D eigenvalue weighted by molar-refractivity contribution is 7.95. The highest BCUT2D eigenvalue weighted by Crippen LogP contribution is 2.49. The van der Waals surface area contributed by atoms with E-state index >= 15 is 0 Å². The van der Waals surface area contributed by atoms with E-state index in [4.69, 9.17) is 0 Å². The molecule has 0 fully saturated rings. The molecule has 3 aromatic carbocycles. The molecule has 19 heteroatoms. The SMILES string of the molecule is C=S(=O)(O)c1ccc2c(c1)C(C)(C)C(/C=C/C(=C/C=C1/N(CCCP(=O)(O)O)c3ccc(S(=O)(=O)O)cc3C1(C)C)c1ccc(CCC(=O)O)cc1)=[N+]2CCCS(=O)(=O)O. The minimum atomic E-state index is -4.57. The molecule has 0 spiro atoms. The molecule has 0 saturated carbocycles. The Kier molecular flexibility index (Phi) is 13.5. The van der Waals surface area contributed by atoms with E-state index in [1.807, 2.05) is 85.7 Å². The van der Waals surface area contributed by atoms with Crippen LogP contribution in [0.4, 0.5) is 11.4 Å². The van der Waals surface area contributed by atoms with Gasteiger partial charge in [-0.05, 0) is 97.3 Å². The maximum Gasteiger partial charge on any atom is 0.325 e. The lowest BCUT2D eigenvalue weighted by Crippen LogP contribution is -2.28. The smallest absolute Gasteiger partial charge is 0.325 e. The maximum atomic E-state index is 12.6. The lowest BCUT2D eigenvalue weighted by molar-refractivity contribution is -0.437. The Labute approximate surface area is 351 Å². The Morgan fingerprint density at radius 3 is 2.08 bits per heavy atom. The number of benzene rings is 3. The summed E-state index contributed by atoms with van der Waals surface area (Å²) in [5.41, 5.74) is 4.31. The molecule has 15 nitrogen and oxygen atoms in total. The van der Waals surface area contributed by atoms with Crippen molar-refractivity contribution in [2.24, 2.45) is 0 Å². The van der Waals surface area contributed by atoms with E-state index in [2.05, 4.69) is 5.87 Å². The number of rotatable bonds is 17. The Morgan fingerprint density at radius 1 is 0.867 bits per heavy atom. The van der Waals surface area contributed by atoms with E-state index in [0.29, 0.717) is 51.5 Å². The normalized spacial score (nSPS) is 18.2. The van der Waals surface area contributed by atoms with E-state index < -0.39 is 66.3 Å². The number of carboxylic acid groups (broad SMARTS) is 1. The van der Waals surface area contributed by atoms with Crippen LogP contribution in [0, 0.1) is 0 Å². The van der Waals surface area contributed by atoms with E-state index in [9.17, 15) is 59.0 Å². The van der Waals surface area contributed by atoms with Crippen molar-refractivity contribution in [3.63, 3.8) is 0 Å². The Bertz CT molecular complexity index is 2710. The monoisotopic (exact) mass is 905 g/mol. The van der Waals surface area contributed by atoms with Crippen molar-refractivity contribution in [1.82, 2.24) is 0 Å². The molecule has 0 aliphatic carbocycles. The molecule has 2 heterocycles. The number of fused-ring (bicyclic) bond motifs is 2. The van der Waals surface area contributed by atoms with Crippen LogP contribution in [-0.2, 0) is 56.6 Å². The zero-order valence-electron chi connectivity index (χ0n) is 33.6. The molecule has 1 unspecified atom stereocenters. The number of anilines is 1. The lowest BCUT2D eigenvalue weighted by atomic mass is 9.81. The van der Waals surface area contributed by atoms with Gasteiger partial charge in [0.2, 0.25) is 5.69 Å². The highest BCUT2D eigenvalue weighted by atomic mass is 32.2. The summed E-state index contributed by atoms with van der Waals surface area (Å²) in [4.78, 5) is 32.2. The summed E-state index contributed by atoms with van der Waals surface area (Å²) in [6, 6.07) is 16.2. The van der Waals surface area contributed by atoms with Crippen molar-refractivity contribution in [1.29, 1.82) is 0 Å². The van der Waals surface area contributed by atoms with Gasteiger partial charge in [0.05, 0.1) is 27.1 Å². The fraction of sp³-hybridized carbons (Fsp3) is 0.341. The first-order valence-electron chi connectivity index (χ1n) is 18.8. The van der Waals surface area contributed by atoms with Crippen molar-refractivity contribution in [3.8, 4) is 0 Å². The number of nitrogens with zero attached hydrogens (tertiary/aromatic N) is 2. The Morgan fingerprint density at radius 2 is 1.50 bits per heavy atom. The van der Waals surface area contributed by atoms with Gasteiger partial charge >= 0.3 is 13.6 Å². The second-order valence-electron chi connectivity index (χ2n) is 15.9. The largest absolute Gasteiger partial charge is 0.481 e. The second-order valence-corrected chi connectivity index (χ2v) is 22.4. The van der Waals surface area contributed by atoms with Crippen molar-refractivity contribution < 1.29 is 63.5 Å². The molecule has 0 aromatic heterocycles. The first-order chi connectivity index (χ1) is 27.6. The zero-order valence-corrected chi connectivity index (χ0v) is 36.9. The number of hydrogen-bond acceptors (Lipinski definition) is 8. The van der Waals surface area contributed by atoms with Crippen molar-refractivity contribution in [3.05, 3.63) is 113 Å². The fourth-order valence-electron chi connectivity index (χ4n) is 7.69. The van der Waals surface area contributed by atoms with Crippen molar-refractivity contribution in [2.75, 3.05) is 29.9 Å². The minimum Gasteiger partial charge on any atom is -0.481 e. The average Bonchev–Trinajstić information content (AvgIpc) is 3.46. The van der Waals surface area contributed by atoms with E-state index in [0.717, 1.165) is 5.56 Å². The van der Waals surface area contributed by atoms with Gasteiger partial charge in [-0.25, -0.2) is 4.21 Å². The minimum absolute atomic E-state index is 0.0545. The van der Waals surface area contributed by atoms with Gasteiger partial charge in [-0.2, -0.15) is 21.4 Å². The van der Waals surface area contributed by atoms with Gasteiger partial charge in [0.15, 0.2) is 5.71 Å². The average molecular weight is 906 g/mol. The Hall–Kier alpha value is -4.23. The number of aryl methyl sites for hydroxylation is 1. The third-order valence-corrected chi connectivity index (χ3v) is 14.3. The number of allylic oxidation sites excluding steroid dienone is 6. The summed E-state index contributed by atoms with van der Waals surface area (Å²) < 4.78 is 104. The summed E-state index contributed by atoms with van der Waals surface area (Å²) in [5.74, 6) is 1.97. The summed E-state index contributed by atoms with van der Waals surface area (Å²) in [5, 5.41) is 9.23. The summed E-state index contributed by atoms with van der Waals surface area (Å²) in [7, 11) is -16.8. The van der Waals surface area contributed by atoms with Gasteiger partial charge in [0, 0.05) is 53.9 Å². The highest BCUT2D eigenvalue weighted by Gasteiger charge is 2.45. The summed E-state index contributed by atoms with van der Waals surface area (Å²) >= 11 is 0. The summed E-state index contributed by atoms with van der Waals surface area (Å²) in [6.07, 6.45) is 7.32. The molecule has 0 bridgehead atoms. The molecule has 0 amide bonds. The van der Waals surface area contributed by atoms with Crippen LogP contribution in [0.2, 0.25) is 0 Å². The molecule has 3 aromatic rings. The molecule has 5 rings (SSSR count). The predicted molar refractivity (Wildman–Crippen MR) is 232 cm³/mol. The van der Waals surface area contributed by atoms with Crippen LogP contribution in [0.25, 0.3) is 5.57 Å². The second kappa shape index (κ2) is 17.3. The van der Waals surface area contributed by atoms with Crippen LogP contribution < -0.4 is 4.90 Å². The van der Waals surface area contributed by atoms with Crippen molar-refractivity contribution >= 4 is 72.1 Å². The topological polar surface area (TPSA) is 247 Å². The van der Waals surface area contributed by atoms with Crippen LogP contribution in [0.15, 0.2) is 100 Å². The molecule has 6 N–H and O–H groups in total. The van der Waals surface area contributed by atoms with Crippen molar-refractivity contribution in [2.45, 2.75) is 74.0 Å². The number of carbonyl (C=O) groups is 1. The maximum absolute atomic E-state index is 12.6. The third-order valence-electron chi connectivity index (χ3n) is 10.8. The molecular weight excluding hydrogens is 856 g/mol. The quantitative estimate of drug-likeness (QED) is 0.0297. The Balaban J connectivity index is 1.69.